The molecule has 2 aromatic heterocycles. The minimum atomic E-state index is -2.07. The number of nitrogen functional groups attached to an aromatic ring is 1. The van der Waals surface area contributed by atoms with Gasteiger partial charge in [-0.3, -0.25) is 9.78 Å². The van der Waals surface area contributed by atoms with Crippen LogP contribution in [0.3, 0.4) is 0 Å². The molecule has 6 nitrogen and oxygen atoms in total. The highest BCUT2D eigenvalue weighted by atomic mass is 31.2. The lowest BCUT2D eigenvalue weighted by Crippen LogP contribution is -2.11. The largest absolute Gasteiger partial charge is 0.369 e. The maximum atomic E-state index is 12.1. The van der Waals surface area contributed by atoms with E-state index in [9.17, 15) is 9.36 Å². The number of H-pyrrole nitrogens is 2. The highest BCUT2D eigenvalue weighted by molar-refractivity contribution is 7.62. The van der Waals surface area contributed by atoms with E-state index in [1.54, 1.807) is 0 Å². The number of hydrogen-bond acceptors (Lipinski definition) is 4. The number of nitrogens with one attached hydrogen (secondary N) is 2. The van der Waals surface area contributed by atoms with E-state index in [0.29, 0.717) is 17.2 Å². The third-order valence-corrected chi connectivity index (χ3v) is 5.79. The number of rotatable bonds is 5. The van der Waals surface area contributed by atoms with E-state index >= 15 is 0 Å². The number of aromatic nitrogens is 3. The minimum Gasteiger partial charge on any atom is -0.369 e. The number of nitrogens with zero attached hydrogens (tertiary/aromatic N) is 1. The maximum Gasteiger partial charge on any atom is 0.276 e. The summed E-state index contributed by atoms with van der Waals surface area (Å²) in [5.41, 5.74) is 9.71. The zero-order chi connectivity index (χ0) is 18.2. The Labute approximate surface area is 146 Å². The Morgan fingerprint density at radius 3 is 2.68 bits per heavy atom. The monoisotopic (exact) mass is 358 g/mol. The first kappa shape index (κ1) is 17.5. The van der Waals surface area contributed by atoms with Gasteiger partial charge in [-0.15, -0.1) is 0 Å². The van der Waals surface area contributed by atoms with Gasteiger partial charge in [-0.1, -0.05) is 31.2 Å². The predicted octanol–water partition coefficient (Wildman–Crippen LogP) is 3.15. The molecule has 0 aliphatic rings. The van der Waals surface area contributed by atoms with Gasteiger partial charge >= 0.3 is 0 Å². The molecular formula is C18H23N4O2P. The molecule has 0 fully saturated rings. The van der Waals surface area contributed by atoms with E-state index in [2.05, 4.69) is 34.0 Å². The molecule has 1 unspecified atom stereocenters. The quantitative estimate of drug-likeness (QED) is 0.609. The number of aromatic amines is 2. The molecule has 25 heavy (non-hydrogen) atoms. The van der Waals surface area contributed by atoms with Crippen molar-refractivity contribution in [2.45, 2.75) is 19.3 Å². The summed E-state index contributed by atoms with van der Waals surface area (Å²) in [5, 5.41) is 0. The van der Waals surface area contributed by atoms with Crippen LogP contribution < -0.4 is 11.3 Å². The Morgan fingerprint density at radius 2 is 1.96 bits per heavy atom. The smallest absolute Gasteiger partial charge is 0.276 e. The SMILES string of the molecule is CC(c1ccccc1CCP(C)(C)=O)c1c[nH]c2c(=O)[nH]c(N)nc12. The third-order valence-electron chi connectivity index (χ3n) is 4.49. The molecule has 0 spiro atoms. The molecule has 1 atom stereocenters. The standard InChI is InChI=1S/C18H23N4O2P/c1-11(13-7-5-4-6-12(13)8-9-25(2,3)24)14-10-20-16-15(14)21-18(19)22-17(16)23/h4-7,10-11,20H,8-9H2,1-3H3,(H3,19,21,22,23). The molecule has 0 radical (unpaired) electrons. The van der Waals surface area contributed by atoms with E-state index in [4.69, 9.17) is 5.73 Å². The van der Waals surface area contributed by atoms with Crippen LogP contribution in [0, 0.1) is 0 Å². The lowest BCUT2D eigenvalue weighted by molar-refractivity contribution is 0.582. The number of fused-ring (bicyclic) bond motifs is 1. The van der Waals surface area contributed by atoms with Crippen LogP contribution >= 0.6 is 7.14 Å². The first-order valence-corrected chi connectivity index (χ1v) is 11.0. The Bertz CT molecular complexity index is 1020. The molecule has 1 aromatic carbocycles. The maximum absolute atomic E-state index is 12.1. The summed E-state index contributed by atoms with van der Waals surface area (Å²) in [6, 6.07) is 8.14. The Kier molecular flexibility index (Phi) is 4.56. The third kappa shape index (κ3) is 3.69. The van der Waals surface area contributed by atoms with E-state index in [1.165, 1.54) is 5.56 Å². The van der Waals surface area contributed by atoms with Crippen LogP contribution in [0.15, 0.2) is 35.3 Å². The van der Waals surface area contributed by atoms with Crippen LogP contribution in [-0.4, -0.2) is 34.4 Å². The van der Waals surface area contributed by atoms with Gasteiger partial charge in [0.25, 0.3) is 5.56 Å². The fourth-order valence-corrected chi connectivity index (χ4v) is 3.90. The molecule has 0 bridgehead atoms. The summed E-state index contributed by atoms with van der Waals surface area (Å²) in [6.45, 7) is 5.72. The average molecular weight is 358 g/mol. The second-order valence-electron chi connectivity index (χ2n) is 6.89. The topological polar surface area (TPSA) is 105 Å². The average Bonchev–Trinajstić information content (AvgIpc) is 2.96. The molecule has 3 aromatic rings. The zero-order valence-corrected chi connectivity index (χ0v) is 15.6. The van der Waals surface area contributed by atoms with Crippen molar-refractivity contribution in [2.75, 3.05) is 25.2 Å². The van der Waals surface area contributed by atoms with Crippen LogP contribution in [0.25, 0.3) is 11.0 Å². The Morgan fingerprint density at radius 1 is 1.24 bits per heavy atom. The van der Waals surface area contributed by atoms with Crippen molar-refractivity contribution in [3.05, 3.63) is 57.5 Å². The summed E-state index contributed by atoms with van der Waals surface area (Å²) in [4.78, 5) is 21.8. The van der Waals surface area contributed by atoms with Gasteiger partial charge in [0.1, 0.15) is 11.0 Å². The van der Waals surface area contributed by atoms with Crippen molar-refractivity contribution in [3.8, 4) is 0 Å². The molecule has 0 aliphatic heterocycles. The lowest BCUT2D eigenvalue weighted by atomic mass is 9.89. The molecule has 7 heteroatoms. The zero-order valence-electron chi connectivity index (χ0n) is 14.7. The second-order valence-corrected chi connectivity index (χ2v) is 10.5. The molecule has 2 heterocycles. The molecule has 0 amide bonds. The van der Waals surface area contributed by atoms with Crippen LogP contribution in [-0.2, 0) is 11.0 Å². The van der Waals surface area contributed by atoms with Crippen molar-refractivity contribution < 1.29 is 4.57 Å². The summed E-state index contributed by atoms with van der Waals surface area (Å²) < 4.78 is 12.1. The fraction of sp³-hybridized carbons (Fsp3) is 0.333. The minimum absolute atomic E-state index is 0.0340. The highest BCUT2D eigenvalue weighted by Gasteiger charge is 2.19. The van der Waals surface area contributed by atoms with E-state index < -0.39 is 7.14 Å². The molecule has 0 aliphatic carbocycles. The van der Waals surface area contributed by atoms with Crippen LogP contribution in [0.5, 0.6) is 0 Å². The summed E-state index contributed by atoms with van der Waals surface area (Å²) >= 11 is 0. The Hall–Kier alpha value is -2.33. The predicted molar refractivity (Wildman–Crippen MR) is 103 cm³/mol. The van der Waals surface area contributed by atoms with Crippen molar-refractivity contribution in [1.82, 2.24) is 15.0 Å². The van der Waals surface area contributed by atoms with Crippen molar-refractivity contribution in [1.29, 1.82) is 0 Å². The van der Waals surface area contributed by atoms with Gasteiger partial charge in [-0.25, -0.2) is 4.98 Å². The normalized spacial score (nSPS) is 13.2. The van der Waals surface area contributed by atoms with Gasteiger partial charge in [0.15, 0.2) is 0 Å². The second kappa shape index (κ2) is 6.52. The fourth-order valence-electron chi connectivity index (χ4n) is 3.12. The van der Waals surface area contributed by atoms with Gasteiger partial charge in [-0.05, 0) is 30.9 Å². The lowest BCUT2D eigenvalue weighted by Gasteiger charge is -2.17. The van der Waals surface area contributed by atoms with Gasteiger partial charge in [0.2, 0.25) is 5.95 Å². The molecule has 4 N–H and O–H groups in total. The van der Waals surface area contributed by atoms with E-state index in [-0.39, 0.29) is 17.4 Å². The van der Waals surface area contributed by atoms with Crippen LogP contribution in [0.4, 0.5) is 5.95 Å². The number of hydrogen-bond donors (Lipinski definition) is 3. The molecule has 3 rings (SSSR count). The molecule has 0 saturated carbocycles. The molecule has 0 saturated heterocycles. The van der Waals surface area contributed by atoms with Gasteiger partial charge in [-0.2, -0.15) is 0 Å². The number of nitrogens with two attached hydrogens (primary N) is 1. The van der Waals surface area contributed by atoms with Crippen molar-refractivity contribution >= 4 is 24.1 Å². The van der Waals surface area contributed by atoms with Gasteiger partial charge < -0.3 is 15.3 Å². The number of aryl methyl sites for hydroxylation is 1. The highest BCUT2D eigenvalue weighted by Crippen LogP contribution is 2.38. The summed E-state index contributed by atoms with van der Waals surface area (Å²) in [7, 11) is -2.07. The summed E-state index contributed by atoms with van der Waals surface area (Å²) in [5.74, 6) is 0.142. The van der Waals surface area contributed by atoms with Gasteiger partial charge in [0, 0.05) is 23.8 Å². The molecule has 132 valence electrons. The van der Waals surface area contributed by atoms with Gasteiger partial charge in [0.05, 0.1) is 7.14 Å². The molecular weight excluding hydrogens is 335 g/mol. The van der Waals surface area contributed by atoms with E-state index in [1.807, 2.05) is 31.7 Å². The van der Waals surface area contributed by atoms with Crippen LogP contribution in [0.1, 0.15) is 29.5 Å². The first-order valence-electron chi connectivity index (χ1n) is 8.25. The Balaban J connectivity index is 2.03. The van der Waals surface area contributed by atoms with E-state index in [0.717, 1.165) is 17.5 Å². The number of benzene rings is 1. The number of anilines is 1. The van der Waals surface area contributed by atoms with Crippen molar-refractivity contribution in [2.24, 2.45) is 0 Å². The summed E-state index contributed by atoms with van der Waals surface area (Å²) in [6.07, 6.45) is 3.26. The first-order chi connectivity index (χ1) is 11.8. The van der Waals surface area contributed by atoms with Crippen LogP contribution in [0.2, 0.25) is 0 Å². The van der Waals surface area contributed by atoms with Crippen molar-refractivity contribution in [3.63, 3.8) is 0 Å².